The average Bonchev–Trinajstić information content (AvgIpc) is 2.74. The largest absolute Gasteiger partial charge is 0.478 e. The van der Waals surface area contributed by atoms with Crippen LogP contribution in [0.1, 0.15) is 43.1 Å². The number of fused-ring (bicyclic) bond motifs is 1. The van der Waals surface area contributed by atoms with Gasteiger partial charge in [-0.25, -0.2) is 13.2 Å². The molecule has 33 heavy (non-hydrogen) atoms. The highest BCUT2D eigenvalue weighted by molar-refractivity contribution is 7.91. The van der Waals surface area contributed by atoms with E-state index in [0.717, 1.165) is 12.0 Å². The Morgan fingerprint density at radius 2 is 1.67 bits per heavy atom. The second-order valence-corrected chi connectivity index (χ2v) is 12.5. The minimum atomic E-state index is -2.96. The molecule has 2 aliphatic heterocycles. The van der Waals surface area contributed by atoms with Crippen molar-refractivity contribution in [1.82, 2.24) is 9.80 Å². The highest BCUT2D eigenvalue weighted by Gasteiger charge is 2.46. The lowest BCUT2D eigenvalue weighted by atomic mass is 9.58. The molecule has 8 heteroatoms. The Morgan fingerprint density at radius 3 is 2.27 bits per heavy atom. The van der Waals surface area contributed by atoms with Crippen LogP contribution in [0.15, 0.2) is 42.0 Å². The number of amides is 1. The van der Waals surface area contributed by atoms with Crippen LogP contribution in [0.25, 0.3) is 5.57 Å². The van der Waals surface area contributed by atoms with Crippen LogP contribution in [0.3, 0.4) is 0 Å². The predicted octanol–water partition coefficient (Wildman–Crippen LogP) is 2.70. The quantitative estimate of drug-likeness (QED) is 0.677. The zero-order valence-corrected chi connectivity index (χ0v) is 20.3. The van der Waals surface area contributed by atoms with E-state index < -0.39 is 15.8 Å². The molecule has 0 saturated carbocycles. The molecule has 1 saturated heterocycles. The lowest BCUT2D eigenvalue weighted by Crippen LogP contribution is -2.52. The molecule has 1 amide bonds. The Hall–Kier alpha value is -2.45. The summed E-state index contributed by atoms with van der Waals surface area (Å²) < 4.78 is 23.3. The number of carbonyl (C=O) groups excluding carboxylic acids is 1. The van der Waals surface area contributed by atoms with Crippen molar-refractivity contribution in [3.63, 3.8) is 0 Å². The predicted molar refractivity (Wildman–Crippen MR) is 128 cm³/mol. The van der Waals surface area contributed by atoms with Crippen LogP contribution < -0.4 is 0 Å². The van der Waals surface area contributed by atoms with Crippen LogP contribution in [0.5, 0.6) is 0 Å². The molecule has 7 nitrogen and oxygen atoms in total. The van der Waals surface area contributed by atoms with E-state index >= 15 is 0 Å². The fourth-order valence-corrected chi connectivity index (χ4v) is 6.87. The molecule has 0 spiro atoms. The van der Waals surface area contributed by atoms with E-state index in [-0.39, 0.29) is 40.4 Å². The Morgan fingerprint density at radius 1 is 1.03 bits per heavy atom. The second kappa shape index (κ2) is 8.40. The molecular formula is C25H32N2O5S. The van der Waals surface area contributed by atoms with Gasteiger partial charge >= 0.3 is 5.97 Å². The highest BCUT2D eigenvalue weighted by atomic mass is 32.2. The number of rotatable bonds is 4. The molecule has 1 aromatic carbocycles. The number of allylic oxidation sites excluding steroid dienone is 2. The number of nitrogens with zero attached hydrogens (tertiary/aromatic N) is 2. The minimum Gasteiger partial charge on any atom is -0.478 e. The molecule has 0 radical (unpaired) electrons. The fourth-order valence-electron chi connectivity index (χ4n) is 5.59. The molecule has 1 atom stereocenters. The van der Waals surface area contributed by atoms with Crippen LogP contribution >= 0.6 is 0 Å². The summed E-state index contributed by atoms with van der Waals surface area (Å²) >= 11 is 0. The molecule has 0 unspecified atom stereocenters. The van der Waals surface area contributed by atoms with E-state index in [1.54, 1.807) is 12.1 Å². The first kappa shape index (κ1) is 23.7. The maximum atomic E-state index is 13.0. The van der Waals surface area contributed by atoms with E-state index in [1.165, 1.54) is 11.1 Å². The van der Waals surface area contributed by atoms with Crippen molar-refractivity contribution in [3.8, 4) is 0 Å². The summed E-state index contributed by atoms with van der Waals surface area (Å²) in [4.78, 5) is 28.1. The first-order valence-electron chi connectivity index (χ1n) is 11.4. The summed E-state index contributed by atoms with van der Waals surface area (Å²) in [6, 6.07) is 7.03. The Kier molecular flexibility index (Phi) is 6.03. The van der Waals surface area contributed by atoms with E-state index in [2.05, 4.69) is 32.9 Å². The monoisotopic (exact) mass is 472 g/mol. The van der Waals surface area contributed by atoms with Gasteiger partial charge in [0.1, 0.15) is 0 Å². The van der Waals surface area contributed by atoms with Gasteiger partial charge < -0.3 is 10.0 Å². The summed E-state index contributed by atoms with van der Waals surface area (Å²) in [6.07, 6.45) is 5.21. The summed E-state index contributed by atoms with van der Waals surface area (Å²) in [5, 5.41) is 9.19. The van der Waals surface area contributed by atoms with Gasteiger partial charge in [0.05, 0.1) is 23.6 Å². The van der Waals surface area contributed by atoms with Gasteiger partial charge in [-0.1, -0.05) is 50.6 Å². The standard InChI is InChI=1S/C25H32N2O5S/c1-24(2)20(18-4-6-19(7-5-18)23(29)30)8-10-25(3)17-27(11-9-21(24)25)22(28)16-26-12-14-33(31,32)15-13-26/h4-9H,10-17H2,1-3H3,(H,29,30)/t25-/m1/s1. The Balaban J connectivity index is 1.49. The van der Waals surface area contributed by atoms with Crippen LogP contribution in [-0.2, 0) is 14.6 Å². The number of carbonyl (C=O) groups is 2. The van der Waals surface area contributed by atoms with Gasteiger partial charge in [0, 0.05) is 37.0 Å². The van der Waals surface area contributed by atoms with Gasteiger partial charge in [0.2, 0.25) is 5.91 Å². The second-order valence-electron chi connectivity index (χ2n) is 10.2. The highest BCUT2D eigenvalue weighted by Crippen LogP contribution is 2.55. The van der Waals surface area contributed by atoms with Crippen LogP contribution in [0.2, 0.25) is 0 Å². The minimum absolute atomic E-state index is 0.0441. The number of carboxylic acids is 1. The SMILES string of the molecule is CC1(C)C(c2ccc(C(=O)O)cc2)=CC[C@]2(C)CN(C(=O)CN3CCS(=O)(=O)CC3)CC=C12. The molecule has 2 heterocycles. The van der Waals surface area contributed by atoms with E-state index in [9.17, 15) is 23.1 Å². The van der Waals surface area contributed by atoms with Gasteiger partial charge in [-0.2, -0.15) is 0 Å². The zero-order chi connectivity index (χ0) is 24.0. The smallest absolute Gasteiger partial charge is 0.335 e. The molecule has 4 rings (SSSR count). The first-order valence-corrected chi connectivity index (χ1v) is 13.2. The maximum absolute atomic E-state index is 13.0. The third-order valence-corrected chi connectivity index (χ3v) is 9.01. The van der Waals surface area contributed by atoms with Crippen molar-refractivity contribution in [2.75, 3.05) is 44.2 Å². The van der Waals surface area contributed by atoms with E-state index in [4.69, 9.17) is 0 Å². The van der Waals surface area contributed by atoms with E-state index in [0.29, 0.717) is 26.2 Å². The zero-order valence-electron chi connectivity index (χ0n) is 19.5. The van der Waals surface area contributed by atoms with Gasteiger partial charge in [0.25, 0.3) is 0 Å². The summed E-state index contributed by atoms with van der Waals surface area (Å²) in [6.45, 7) is 8.86. The molecule has 0 bridgehead atoms. The first-order chi connectivity index (χ1) is 15.4. The van der Waals surface area contributed by atoms with Crippen molar-refractivity contribution in [2.45, 2.75) is 27.2 Å². The van der Waals surface area contributed by atoms with Crippen molar-refractivity contribution >= 4 is 27.3 Å². The van der Waals surface area contributed by atoms with Crippen molar-refractivity contribution < 1.29 is 23.1 Å². The van der Waals surface area contributed by atoms with Crippen LogP contribution in [0.4, 0.5) is 0 Å². The lowest BCUT2D eigenvalue weighted by Gasteiger charge is -2.50. The Labute approximate surface area is 195 Å². The van der Waals surface area contributed by atoms with Crippen LogP contribution in [0, 0.1) is 10.8 Å². The molecule has 0 aromatic heterocycles. The summed E-state index contributed by atoms with van der Waals surface area (Å²) in [7, 11) is -2.96. The Bertz CT molecular complexity index is 1120. The molecule has 1 N–H and O–H groups in total. The molecule has 1 aromatic rings. The fraction of sp³-hybridized carbons (Fsp3) is 0.520. The topological polar surface area (TPSA) is 95.0 Å². The average molecular weight is 473 g/mol. The van der Waals surface area contributed by atoms with Gasteiger partial charge in [-0.3, -0.25) is 9.69 Å². The van der Waals surface area contributed by atoms with Crippen molar-refractivity contribution in [2.24, 2.45) is 10.8 Å². The third-order valence-electron chi connectivity index (χ3n) is 7.40. The molecular weight excluding hydrogens is 440 g/mol. The molecule has 1 aliphatic carbocycles. The number of sulfone groups is 1. The van der Waals surface area contributed by atoms with Gasteiger partial charge in [-0.05, 0) is 29.7 Å². The number of hydrogen-bond donors (Lipinski definition) is 1. The van der Waals surface area contributed by atoms with E-state index in [1.807, 2.05) is 21.9 Å². The molecule has 3 aliphatic rings. The number of aromatic carboxylic acids is 1. The molecule has 178 valence electrons. The third kappa shape index (κ3) is 4.64. The van der Waals surface area contributed by atoms with Crippen molar-refractivity contribution in [1.29, 1.82) is 0 Å². The number of carboxylic acid groups (broad SMARTS) is 1. The van der Waals surface area contributed by atoms with Crippen molar-refractivity contribution in [3.05, 3.63) is 53.1 Å². The molecule has 1 fully saturated rings. The lowest BCUT2D eigenvalue weighted by molar-refractivity contribution is -0.133. The number of hydrogen-bond acceptors (Lipinski definition) is 5. The maximum Gasteiger partial charge on any atom is 0.335 e. The van der Waals surface area contributed by atoms with Gasteiger partial charge in [0.15, 0.2) is 9.84 Å². The van der Waals surface area contributed by atoms with Crippen LogP contribution in [-0.4, -0.2) is 79.4 Å². The normalized spacial score (nSPS) is 26.7. The van der Waals surface area contributed by atoms with Gasteiger partial charge in [-0.15, -0.1) is 0 Å². The summed E-state index contributed by atoms with van der Waals surface area (Å²) in [5.74, 6) is -0.645. The number of benzene rings is 1. The summed E-state index contributed by atoms with van der Waals surface area (Å²) in [5.41, 5.74) is 3.36.